The Morgan fingerprint density at radius 2 is 1.59 bits per heavy atom. The van der Waals surface area contributed by atoms with E-state index in [4.69, 9.17) is 14.2 Å². The van der Waals surface area contributed by atoms with Crippen LogP contribution in [-0.2, 0) is 28.6 Å². The van der Waals surface area contributed by atoms with Crippen LogP contribution in [0, 0.1) is 0 Å². The average Bonchev–Trinajstić information content (AvgIpc) is 2.40. The molecule has 0 aromatic carbocycles. The standard InChI is InChI=1S/C15H24O6S/c1-11(2)14(18)20-9-8-19-12(16)6-7-13(17)21-15(3,4)10-22-5/h1,6-10H2,2-5H3. The van der Waals surface area contributed by atoms with E-state index in [-0.39, 0.29) is 31.6 Å². The van der Waals surface area contributed by atoms with Crippen LogP contribution in [0.4, 0.5) is 0 Å². The summed E-state index contributed by atoms with van der Waals surface area (Å²) in [6.45, 7) is 8.49. The molecule has 0 aliphatic heterocycles. The first-order valence-corrected chi connectivity index (χ1v) is 8.26. The van der Waals surface area contributed by atoms with Crippen molar-refractivity contribution in [2.45, 2.75) is 39.2 Å². The highest BCUT2D eigenvalue weighted by molar-refractivity contribution is 7.98. The molecule has 0 radical (unpaired) electrons. The van der Waals surface area contributed by atoms with Crippen LogP contribution in [0.2, 0.25) is 0 Å². The Morgan fingerprint density at radius 1 is 1.05 bits per heavy atom. The Hall–Kier alpha value is -1.50. The lowest BCUT2D eigenvalue weighted by Gasteiger charge is -2.23. The fraction of sp³-hybridized carbons (Fsp3) is 0.667. The molecule has 6 nitrogen and oxygen atoms in total. The van der Waals surface area contributed by atoms with Crippen molar-refractivity contribution in [2.24, 2.45) is 0 Å². The lowest BCUT2D eigenvalue weighted by atomic mass is 10.2. The van der Waals surface area contributed by atoms with Crippen molar-refractivity contribution in [1.82, 2.24) is 0 Å². The minimum Gasteiger partial charge on any atom is -0.462 e. The van der Waals surface area contributed by atoms with Crippen molar-refractivity contribution in [3.8, 4) is 0 Å². The Bertz CT molecular complexity index is 416. The van der Waals surface area contributed by atoms with E-state index in [9.17, 15) is 14.4 Å². The molecule has 0 aliphatic carbocycles. The highest BCUT2D eigenvalue weighted by atomic mass is 32.2. The molecule has 7 heteroatoms. The zero-order chi connectivity index (χ0) is 17.2. The van der Waals surface area contributed by atoms with Gasteiger partial charge in [0.2, 0.25) is 0 Å². The first-order valence-electron chi connectivity index (χ1n) is 6.87. The number of ether oxygens (including phenoxy) is 3. The van der Waals surface area contributed by atoms with Crippen molar-refractivity contribution in [2.75, 3.05) is 25.2 Å². The van der Waals surface area contributed by atoms with Gasteiger partial charge in [-0.3, -0.25) is 9.59 Å². The van der Waals surface area contributed by atoms with Gasteiger partial charge in [0, 0.05) is 11.3 Å². The summed E-state index contributed by atoms with van der Waals surface area (Å²) in [6, 6.07) is 0. The van der Waals surface area contributed by atoms with Crippen LogP contribution in [0.3, 0.4) is 0 Å². The molecule has 0 amide bonds. The van der Waals surface area contributed by atoms with Crippen molar-refractivity contribution >= 4 is 29.7 Å². The number of carbonyl (C=O) groups excluding carboxylic acids is 3. The van der Waals surface area contributed by atoms with E-state index in [2.05, 4.69) is 6.58 Å². The summed E-state index contributed by atoms with van der Waals surface area (Å²) in [5.74, 6) is -0.830. The van der Waals surface area contributed by atoms with E-state index in [1.54, 1.807) is 11.8 Å². The quantitative estimate of drug-likeness (QED) is 0.262. The Morgan fingerprint density at radius 3 is 2.14 bits per heavy atom. The summed E-state index contributed by atoms with van der Waals surface area (Å²) in [5.41, 5.74) is -0.279. The van der Waals surface area contributed by atoms with E-state index in [0.29, 0.717) is 5.75 Å². The SMILES string of the molecule is C=C(C)C(=O)OCCOC(=O)CCC(=O)OC(C)(C)CSC. The second kappa shape index (κ2) is 10.3. The average molecular weight is 332 g/mol. The fourth-order valence-electron chi connectivity index (χ4n) is 1.43. The minimum absolute atomic E-state index is 0.0391. The second-order valence-corrected chi connectivity index (χ2v) is 6.17. The Balaban J connectivity index is 3.83. The van der Waals surface area contributed by atoms with Crippen molar-refractivity contribution in [3.05, 3.63) is 12.2 Å². The molecule has 0 saturated heterocycles. The smallest absolute Gasteiger partial charge is 0.333 e. The van der Waals surface area contributed by atoms with Crippen molar-refractivity contribution in [3.63, 3.8) is 0 Å². The zero-order valence-electron chi connectivity index (χ0n) is 13.6. The highest BCUT2D eigenvalue weighted by Crippen LogP contribution is 2.16. The van der Waals surface area contributed by atoms with Gasteiger partial charge in [0.15, 0.2) is 0 Å². The molecule has 22 heavy (non-hydrogen) atoms. The van der Waals surface area contributed by atoms with Crippen LogP contribution in [0.5, 0.6) is 0 Å². The third-order valence-corrected chi connectivity index (χ3v) is 3.33. The summed E-state index contributed by atoms with van der Waals surface area (Å²) in [6.07, 6.45) is 1.82. The van der Waals surface area contributed by atoms with Gasteiger partial charge in [-0.05, 0) is 27.0 Å². The van der Waals surface area contributed by atoms with Crippen molar-refractivity contribution < 1.29 is 28.6 Å². The molecule has 0 N–H and O–H groups in total. The molecular formula is C15H24O6S. The van der Waals surface area contributed by atoms with Crippen molar-refractivity contribution in [1.29, 1.82) is 0 Å². The number of hydrogen-bond acceptors (Lipinski definition) is 7. The summed E-state index contributed by atoms with van der Waals surface area (Å²) >= 11 is 1.58. The maximum Gasteiger partial charge on any atom is 0.333 e. The Kier molecular flexibility index (Phi) is 9.56. The van der Waals surface area contributed by atoms with Crippen LogP contribution in [0.1, 0.15) is 33.6 Å². The highest BCUT2D eigenvalue weighted by Gasteiger charge is 2.22. The van der Waals surface area contributed by atoms with E-state index in [0.717, 1.165) is 0 Å². The summed E-state index contributed by atoms with van der Waals surface area (Å²) in [7, 11) is 0. The fourth-order valence-corrected chi connectivity index (χ4v) is 2.18. The van der Waals surface area contributed by atoms with Gasteiger partial charge in [0.25, 0.3) is 0 Å². The van der Waals surface area contributed by atoms with E-state index in [1.165, 1.54) is 6.92 Å². The number of rotatable bonds is 10. The summed E-state index contributed by atoms with van der Waals surface area (Å²) < 4.78 is 14.9. The van der Waals surface area contributed by atoms with E-state index >= 15 is 0 Å². The van der Waals surface area contributed by atoms with Crippen LogP contribution < -0.4 is 0 Å². The van der Waals surface area contributed by atoms with E-state index in [1.807, 2.05) is 20.1 Å². The molecule has 0 unspecified atom stereocenters. The largest absolute Gasteiger partial charge is 0.462 e. The van der Waals surface area contributed by atoms with Crippen LogP contribution in [-0.4, -0.2) is 48.7 Å². The number of carbonyl (C=O) groups is 3. The van der Waals surface area contributed by atoms with Crippen LogP contribution in [0.15, 0.2) is 12.2 Å². The Labute approximate surface area is 135 Å². The maximum atomic E-state index is 11.6. The van der Waals surface area contributed by atoms with Gasteiger partial charge in [-0.1, -0.05) is 6.58 Å². The first kappa shape index (κ1) is 20.5. The predicted octanol–water partition coefficient (Wildman–Crippen LogP) is 2.11. The lowest BCUT2D eigenvalue weighted by molar-refractivity contribution is -0.158. The second-order valence-electron chi connectivity index (χ2n) is 5.30. The number of esters is 3. The van der Waals surface area contributed by atoms with Gasteiger partial charge in [-0.2, -0.15) is 11.8 Å². The number of hydrogen-bond donors (Lipinski definition) is 0. The molecule has 0 fully saturated rings. The van der Waals surface area contributed by atoms with Gasteiger partial charge in [0.05, 0.1) is 12.8 Å². The molecule has 0 bridgehead atoms. The summed E-state index contributed by atoms with van der Waals surface area (Å²) in [5, 5.41) is 0. The van der Waals surface area contributed by atoms with E-state index < -0.39 is 23.5 Å². The lowest BCUT2D eigenvalue weighted by Crippen LogP contribution is -2.31. The van der Waals surface area contributed by atoms with Crippen LogP contribution in [0.25, 0.3) is 0 Å². The third kappa shape index (κ3) is 10.3. The molecule has 0 atom stereocenters. The molecule has 0 aliphatic rings. The molecule has 0 rings (SSSR count). The topological polar surface area (TPSA) is 78.9 Å². The zero-order valence-corrected chi connectivity index (χ0v) is 14.4. The molecule has 0 aromatic heterocycles. The van der Waals surface area contributed by atoms with Gasteiger partial charge < -0.3 is 14.2 Å². The summed E-state index contributed by atoms with van der Waals surface area (Å²) in [4.78, 5) is 34.1. The number of thioether (sulfide) groups is 1. The molecular weight excluding hydrogens is 308 g/mol. The van der Waals surface area contributed by atoms with Gasteiger partial charge >= 0.3 is 17.9 Å². The molecule has 0 aromatic rings. The molecule has 0 saturated carbocycles. The predicted molar refractivity (Wildman–Crippen MR) is 84.5 cm³/mol. The van der Waals surface area contributed by atoms with Gasteiger partial charge in [-0.25, -0.2) is 4.79 Å². The molecule has 0 spiro atoms. The van der Waals surface area contributed by atoms with Gasteiger partial charge in [0.1, 0.15) is 18.8 Å². The normalized spacial score (nSPS) is 10.7. The third-order valence-electron chi connectivity index (χ3n) is 2.34. The van der Waals surface area contributed by atoms with Gasteiger partial charge in [-0.15, -0.1) is 0 Å². The molecule has 0 heterocycles. The maximum absolute atomic E-state index is 11.6. The molecule has 126 valence electrons. The van der Waals surface area contributed by atoms with Crippen LogP contribution >= 0.6 is 11.8 Å². The minimum atomic E-state index is -0.558. The monoisotopic (exact) mass is 332 g/mol. The first-order chi connectivity index (χ1) is 10.2.